The predicted molar refractivity (Wildman–Crippen MR) is 121 cm³/mol. The van der Waals surface area contributed by atoms with E-state index >= 15 is 0 Å². The molecule has 0 spiro atoms. The van der Waals surface area contributed by atoms with E-state index in [2.05, 4.69) is 36.4 Å². The van der Waals surface area contributed by atoms with Gasteiger partial charge < -0.3 is 14.6 Å². The van der Waals surface area contributed by atoms with E-state index in [0.29, 0.717) is 5.56 Å². The van der Waals surface area contributed by atoms with Gasteiger partial charge in [0, 0.05) is 5.92 Å². The fourth-order valence-corrected chi connectivity index (χ4v) is 4.32. The van der Waals surface area contributed by atoms with Crippen LogP contribution >= 0.6 is 0 Å². The van der Waals surface area contributed by atoms with Crippen molar-refractivity contribution in [1.82, 2.24) is 0 Å². The maximum Gasteiger partial charge on any atom is 0.335 e. The van der Waals surface area contributed by atoms with E-state index in [0.717, 1.165) is 41.9 Å². The smallest absolute Gasteiger partial charge is 0.335 e. The number of carboxylic acids is 1. The summed E-state index contributed by atoms with van der Waals surface area (Å²) in [6.45, 7) is 0. The fourth-order valence-electron chi connectivity index (χ4n) is 4.32. The summed E-state index contributed by atoms with van der Waals surface area (Å²) in [7, 11) is 1.68. The van der Waals surface area contributed by atoms with Crippen LogP contribution in [0, 0.1) is 0 Å². The number of carboxylic acid groups (broad SMARTS) is 1. The molecular weight excluding hydrogens is 388 g/mol. The van der Waals surface area contributed by atoms with Crippen LogP contribution < -0.4 is 9.47 Å². The Morgan fingerprint density at radius 2 is 1.65 bits per heavy atom. The third kappa shape index (κ3) is 5.08. The number of aromatic carboxylic acids is 1. The van der Waals surface area contributed by atoms with Gasteiger partial charge in [0.05, 0.1) is 18.8 Å². The van der Waals surface area contributed by atoms with Crippen LogP contribution in [0.1, 0.15) is 58.6 Å². The fraction of sp³-hybridized carbons (Fsp3) is 0.296. The number of carbonyl (C=O) groups is 1. The molecule has 0 heterocycles. The largest absolute Gasteiger partial charge is 0.493 e. The number of hydrogen-bond acceptors (Lipinski definition) is 3. The second kappa shape index (κ2) is 9.69. The summed E-state index contributed by atoms with van der Waals surface area (Å²) < 4.78 is 11.9. The molecule has 31 heavy (non-hydrogen) atoms. The molecule has 160 valence electrons. The molecule has 4 heteroatoms. The third-order valence-corrected chi connectivity index (χ3v) is 6.03. The maximum atomic E-state index is 11.2. The van der Waals surface area contributed by atoms with Crippen molar-refractivity contribution < 1.29 is 19.4 Å². The van der Waals surface area contributed by atoms with Crippen LogP contribution in [0.5, 0.6) is 11.5 Å². The van der Waals surface area contributed by atoms with E-state index < -0.39 is 5.97 Å². The highest BCUT2D eigenvalue weighted by molar-refractivity contribution is 5.87. The van der Waals surface area contributed by atoms with Gasteiger partial charge in [0.15, 0.2) is 11.5 Å². The van der Waals surface area contributed by atoms with Gasteiger partial charge in [-0.2, -0.15) is 0 Å². The SMILES string of the molecule is COc1ccc(C(Cc2ccc(C(=O)O)cc2)c2ccccc2)cc1OC1CCCC1. The minimum atomic E-state index is -0.907. The highest BCUT2D eigenvalue weighted by atomic mass is 16.5. The Labute approximate surface area is 183 Å². The summed E-state index contributed by atoms with van der Waals surface area (Å²) in [5, 5.41) is 9.18. The van der Waals surface area contributed by atoms with Crippen LogP contribution in [0.3, 0.4) is 0 Å². The maximum absolute atomic E-state index is 11.2. The highest BCUT2D eigenvalue weighted by Crippen LogP contribution is 2.37. The van der Waals surface area contributed by atoms with Gasteiger partial charge in [-0.3, -0.25) is 0 Å². The lowest BCUT2D eigenvalue weighted by Crippen LogP contribution is -2.12. The molecule has 3 aromatic rings. The monoisotopic (exact) mass is 416 g/mol. The number of rotatable bonds is 8. The first kappa shape index (κ1) is 21.0. The zero-order valence-corrected chi connectivity index (χ0v) is 17.8. The van der Waals surface area contributed by atoms with Crippen molar-refractivity contribution in [2.24, 2.45) is 0 Å². The predicted octanol–water partition coefficient (Wildman–Crippen LogP) is 6.09. The summed E-state index contributed by atoms with van der Waals surface area (Å²) in [4.78, 5) is 11.2. The zero-order chi connectivity index (χ0) is 21.6. The number of hydrogen-bond donors (Lipinski definition) is 1. The van der Waals surface area contributed by atoms with Crippen LogP contribution in [0.4, 0.5) is 0 Å². The molecule has 4 nitrogen and oxygen atoms in total. The van der Waals surface area contributed by atoms with Crippen LogP contribution in [-0.2, 0) is 6.42 Å². The Morgan fingerprint density at radius 1 is 0.935 bits per heavy atom. The van der Waals surface area contributed by atoms with Crippen molar-refractivity contribution in [3.8, 4) is 11.5 Å². The first-order valence-electron chi connectivity index (χ1n) is 10.9. The van der Waals surface area contributed by atoms with Gasteiger partial charge in [0.1, 0.15) is 0 Å². The Kier molecular flexibility index (Phi) is 6.56. The molecule has 1 unspecified atom stereocenters. The molecule has 0 aromatic heterocycles. The summed E-state index contributed by atoms with van der Waals surface area (Å²) in [5.74, 6) is 0.769. The molecule has 1 aliphatic carbocycles. The van der Waals surface area contributed by atoms with Crippen LogP contribution in [0.25, 0.3) is 0 Å². The Morgan fingerprint density at radius 3 is 2.29 bits per heavy atom. The molecule has 1 fully saturated rings. The topological polar surface area (TPSA) is 55.8 Å². The van der Waals surface area contributed by atoms with E-state index in [9.17, 15) is 9.90 Å². The Balaban J connectivity index is 1.67. The number of ether oxygens (including phenoxy) is 2. The van der Waals surface area contributed by atoms with Gasteiger partial charge in [0.2, 0.25) is 0 Å². The van der Waals surface area contributed by atoms with Crippen LogP contribution in [0.2, 0.25) is 0 Å². The van der Waals surface area contributed by atoms with E-state index in [1.807, 2.05) is 24.3 Å². The summed E-state index contributed by atoms with van der Waals surface area (Å²) in [6, 6.07) is 23.7. The van der Waals surface area contributed by atoms with Gasteiger partial charge in [-0.05, 0) is 73.1 Å². The number of methoxy groups -OCH3 is 1. The normalized spacial score (nSPS) is 14.9. The van der Waals surface area contributed by atoms with Gasteiger partial charge in [-0.1, -0.05) is 48.5 Å². The first-order chi connectivity index (χ1) is 15.1. The molecule has 1 aliphatic rings. The quantitative estimate of drug-likeness (QED) is 0.483. The van der Waals surface area contributed by atoms with Crippen LogP contribution in [-0.4, -0.2) is 24.3 Å². The lowest BCUT2D eigenvalue weighted by molar-refractivity contribution is 0.0697. The molecule has 1 N–H and O–H groups in total. The van der Waals surface area contributed by atoms with Crippen molar-refractivity contribution in [3.63, 3.8) is 0 Å². The minimum absolute atomic E-state index is 0.119. The molecule has 1 atom stereocenters. The van der Waals surface area contributed by atoms with Crippen molar-refractivity contribution in [2.45, 2.75) is 44.1 Å². The average Bonchev–Trinajstić information content (AvgIpc) is 3.31. The molecule has 0 aliphatic heterocycles. The standard InChI is InChI=1S/C27H28O4/c1-30-25-16-15-22(18-26(25)31-23-9-5-6-10-23)24(20-7-3-2-4-8-20)17-19-11-13-21(14-12-19)27(28)29/h2-4,7-8,11-16,18,23-24H,5-6,9-10,17H2,1H3,(H,28,29). The molecule has 0 amide bonds. The molecule has 0 saturated heterocycles. The van der Waals surface area contributed by atoms with Crippen molar-refractivity contribution in [2.75, 3.05) is 7.11 Å². The van der Waals surface area contributed by atoms with Gasteiger partial charge in [-0.25, -0.2) is 4.79 Å². The van der Waals surface area contributed by atoms with E-state index in [1.165, 1.54) is 18.4 Å². The average molecular weight is 417 g/mol. The molecule has 0 radical (unpaired) electrons. The van der Waals surface area contributed by atoms with Crippen molar-refractivity contribution in [1.29, 1.82) is 0 Å². The van der Waals surface area contributed by atoms with Crippen molar-refractivity contribution >= 4 is 5.97 Å². The Hall–Kier alpha value is -3.27. The summed E-state index contributed by atoms with van der Waals surface area (Å²) >= 11 is 0. The Bertz CT molecular complexity index is 1010. The van der Waals surface area contributed by atoms with E-state index in [1.54, 1.807) is 19.2 Å². The molecular formula is C27H28O4. The first-order valence-corrected chi connectivity index (χ1v) is 10.9. The highest BCUT2D eigenvalue weighted by Gasteiger charge is 2.21. The van der Waals surface area contributed by atoms with Crippen LogP contribution in [0.15, 0.2) is 72.8 Å². The minimum Gasteiger partial charge on any atom is -0.493 e. The summed E-state index contributed by atoms with van der Waals surface area (Å²) in [6.07, 6.45) is 5.62. The lowest BCUT2D eigenvalue weighted by atomic mass is 9.85. The molecule has 1 saturated carbocycles. The molecule has 3 aromatic carbocycles. The zero-order valence-electron chi connectivity index (χ0n) is 17.8. The summed E-state index contributed by atoms with van der Waals surface area (Å²) in [5.41, 5.74) is 3.76. The van der Waals surface area contributed by atoms with Gasteiger partial charge in [0.25, 0.3) is 0 Å². The lowest BCUT2D eigenvalue weighted by Gasteiger charge is -2.22. The van der Waals surface area contributed by atoms with E-state index in [4.69, 9.17) is 9.47 Å². The molecule has 0 bridgehead atoms. The third-order valence-electron chi connectivity index (χ3n) is 6.03. The second-order valence-corrected chi connectivity index (χ2v) is 8.10. The number of benzene rings is 3. The molecule has 4 rings (SSSR count). The van der Waals surface area contributed by atoms with E-state index in [-0.39, 0.29) is 12.0 Å². The van der Waals surface area contributed by atoms with Crippen molar-refractivity contribution in [3.05, 3.63) is 95.1 Å². The van der Waals surface area contributed by atoms with Gasteiger partial charge >= 0.3 is 5.97 Å². The second-order valence-electron chi connectivity index (χ2n) is 8.10. The van der Waals surface area contributed by atoms with Gasteiger partial charge in [-0.15, -0.1) is 0 Å².